The van der Waals surface area contributed by atoms with Crippen molar-refractivity contribution in [3.05, 3.63) is 60.9 Å². The second-order valence-corrected chi connectivity index (χ2v) is 18.1. The van der Waals surface area contributed by atoms with Crippen molar-refractivity contribution in [3.63, 3.8) is 0 Å². The molecule has 3 heterocycles. The van der Waals surface area contributed by atoms with Crippen LogP contribution in [0.25, 0.3) is 33.8 Å². The molecular weight excluding hydrogens is 689 g/mol. The fourth-order valence-corrected chi connectivity index (χ4v) is 7.84. The number of hydrogen-bond acceptors (Lipinski definition) is 6. The molecule has 0 N–H and O–H groups in total. The number of nitrogens with zero attached hydrogens (tertiary/aromatic N) is 4. The average molecular weight is 765 g/mol. The Balaban J connectivity index is 1.39. The van der Waals surface area contributed by atoms with Crippen LogP contribution in [0.4, 0.5) is 0 Å². The first-order valence-electron chi connectivity index (χ1n) is 22.5. The Morgan fingerprint density at radius 1 is 0.429 bits per heavy atom. The fraction of sp³-hybridized carbons (Fsp3) is 0.640. The third kappa shape index (κ3) is 16.5. The minimum Gasteiger partial charge on any atom is -0.490 e. The molecule has 6 heteroatoms. The summed E-state index contributed by atoms with van der Waals surface area (Å²) in [6.07, 6.45) is 24.0. The first-order valence-corrected chi connectivity index (χ1v) is 22.5. The van der Waals surface area contributed by atoms with Crippen LogP contribution in [0.1, 0.15) is 158 Å². The van der Waals surface area contributed by atoms with E-state index in [1.165, 1.54) is 77.0 Å². The van der Waals surface area contributed by atoms with Gasteiger partial charge in [0.25, 0.3) is 0 Å². The second kappa shape index (κ2) is 25.0. The molecule has 0 aliphatic carbocycles. The van der Waals surface area contributed by atoms with E-state index in [1.54, 1.807) is 12.4 Å². The van der Waals surface area contributed by atoms with Crippen molar-refractivity contribution >= 4 is 11.0 Å². The number of hydrogen-bond donors (Lipinski definition) is 0. The Bertz CT molecular complexity index is 1520. The molecule has 0 radical (unpaired) electrons. The zero-order valence-corrected chi connectivity index (χ0v) is 36.6. The summed E-state index contributed by atoms with van der Waals surface area (Å²) in [4.78, 5) is 19.5. The summed E-state index contributed by atoms with van der Waals surface area (Å²) >= 11 is 0. The lowest BCUT2D eigenvalue weighted by Crippen LogP contribution is -2.07. The maximum absolute atomic E-state index is 6.54. The summed E-state index contributed by atoms with van der Waals surface area (Å²) in [6.45, 7) is 20.3. The molecule has 0 saturated carbocycles. The number of benzene rings is 1. The zero-order chi connectivity index (χ0) is 40.1. The first kappa shape index (κ1) is 45.2. The van der Waals surface area contributed by atoms with E-state index in [9.17, 15) is 0 Å². The fourth-order valence-electron chi connectivity index (χ4n) is 7.84. The third-order valence-electron chi connectivity index (χ3n) is 11.5. The lowest BCUT2D eigenvalue weighted by atomic mass is 9.92. The summed E-state index contributed by atoms with van der Waals surface area (Å²) in [5.41, 5.74) is 4.46. The van der Waals surface area contributed by atoms with Gasteiger partial charge in [0.15, 0.2) is 11.5 Å². The molecule has 0 bridgehead atoms. The van der Waals surface area contributed by atoms with Crippen LogP contribution in [0.3, 0.4) is 0 Å². The number of rotatable bonds is 28. The Morgan fingerprint density at radius 3 is 1.09 bits per heavy atom. The minimum absolute atomic E-state index is 0.650. The maximum Gasteiger partial charge on any atom is 0.163 e. The topological polar surface area (TPSA) is 70.0 Å². The molecular formula is C50H76N4O2. The summed E-state index contributed by atoms with van der Waals surface area (Å²) in [6, 6.07) is 15.8. The van der Waals surface area contributed by atoms with Crippen molar-refractivity contribution in [1.29, 1.82) is 0 Å². The molecule has 0 fully saturated rings. The lowest BCUT2D eigenvalue weighted by molar-refractivity contribution is 0.249. The molecule has 0 saturated heterocycles. The third-order valence-corrected chi connectivity index (χ3v) is 11.5. The Labute approximate surface area is 341 Å². The van der Waals surface area contributed by atoms with Crippen LogP contribution in [0, 0.1) is 35.5 Å². The molecule has 3 aromatic heterocycles. The van der Waals surface area contributed by atoms with Gasteiger partial charge in [-0.2, -0.15) is 0 Å². The van der Waals surface area contributed by atoms with Crippen LogP contribution in [-0.2, 0) is 0 Å². The maximum atomic E-state index is 6.54. The Hall–Kier alpha value is -3.54. The number of pyridine rings is 2. The van der Waals surface area contributed by atoms with Crippen molar-refractivity contribution in [2.24, 2.45) is 35.5 Å². The minimum atomic E-state index is 0.650. The largest absolute Gasteiger partial charge is 0.490 e. The van der Waals surface area contributed by atoms with E-state index in [2.05, 4.69) is 65.4 Å². The van der Waals surface area contributed by atoms with Gasteiger partial charge in [-0.25, -0.2) is 9.97 Å². The molecule has 1 aromatic carbocycles. The van der Waals surface area contributed by atoms with E-state index in [1.807, 2.05) is 48.5 Å². The van der Waals surface area contributed by atoms with Crippen LogP contribution < -0.4 is 9.47 Å². The normalized spacial score (nSPS) is 14.0. The SMILES string of the molecule is CC(C)CCCC(C)CCCC(C)CCCOc1cc2nc(-c3ccccn3)c(-c3ccccn3)nc2cc1OCCCC(C)CCCC(C)CCCC(C)C. The predicted molar refractivity (Wildman–Crippen MR) is 237 cm³/mol. The van der Waals surface area contributed by atoms with E-state index in [4.69, 9.17) is 19.4 Å². The van der Waals surface area contributed by atoms with Gasteiger partial charge in [0.05, 0.1) is 35.6 Å². The number of fused-ring (bicyclic) bond motifs is 1. The number of ether oxygens (including phenoxy) is 2. The smallest absolute Gasteiger partial charge is 0.163 e. The first-order chi connectivity index (χ1) is 27.1. The summed E-state index contributed by atoms with van der Waals surface area (Å²) in [5, 5.41) is 0. The highest BCUT2D eigenvalue weighted by Crippen LogP contribution is 2.36. The summed E-state index contributed by atoms with van der Waals surface area (Å²) < 4.78 is 13.1. The van der Waals surface area contributed by atoms with Crippen LogP contribution in [0.5, 0.6) is 11.5 Å². The van der Waals surface area contributed by atoms with Crippen LogP contribution in [0.15, 0.2) is 60.9 Å². The van der Waals surface area contributed by atoms with Crippen molar-refractivity contribution < 1.29 is 9.47 Å². The molecule has 4 aromatic rings. The van der Waals surface area contributed by atoms with Crippen molar-refractivity contribution in [1.82, 2.24) is 19.9 Å². The van der Waals surface area contributed by atoms with E-state index in [-0.39, 0.29) is 0 Å². The molecule has 0 amide bonds. The molecule has 0 spiro atoms. The molecule has 4 rings (SSSR count). The van der Waals surface area contributed by atoms with Crippen molar-refractivity contribution in [2.45, 2.75) is 158 Å². The van der Waals surface area contributed by atoms with E-state index >= 15 is 0 Å². The molecule has 0 aliphatic rings. The second-order valence-electron chi connectivity index (χ2n) is 18.1. The van der Waals surface area contributed by atoms with Gasteiger partial charge in [0, 0.05) is 24.5 Å². The van der Waals surface area contributed by atoms with Gasteiger partial charge in [-0.15, -0.1) is 0 Å². The van der Waals surface area contributed by atoms with Gasteiger partial charge in [-0.3, -0.25) is 9.97 Å². The average Bonchev–Trinajstić information content (AvgIpc) is 3.18. The quantitative estimate of drug-likeness (QED) is 0.0536. The summed E-state index contributed by atoms with van der Waals surface area (Å²) in [7, 11) is 0. The highest BCUT2D eigenvalue weighted by atomic mass is 16.5. The molecule has 6 nitrogen and oxygen atoms in total. The highest BCUT2D eigenvalue weighted by molar-refractivity contribution is 5.86. The lowest BCUT2D eigenvalue weighted by Gasteiger charge is -2.17. The summed E-state index contributed by atoms with van der Waals surface area (Å²) in [5.74, 6) is 6.17. The van der Waals surface area contributed by atoms with Gasteiger partial charge in [-0.05, 0) is 85.5 Å². The van der Waals surface area contributed by atoms with E-state index < -0.39 is 0 Å². The van der Waals surface area contributed by atoms with Crippen LogP contribution >= 0.6 is 0 Å². The zero-order valence-electron chi connectivity index (χ0n) is 36.6. The Morgan fingerprint density at radius 2 is 0.768 bits per heavy atom. The number of aromatic nitrogens is 4. The Kier molecular flexibility index (Phi) is 20.1. The van der Waals surface area contributed by atoms with E-state index in [0.29, 0.717) is 36.4 Å². The molecule has 4 unspecified atom stereocenters. The van der Waals surface area contributed by atoms with Gasteiger partial charge in [0.2, 0.25) is 0 Å². The van der Waals surface area contributed by atoms with Crippen LogP contribution in [-0.4, -0.2) is 33.1 Å². The molecule has 0 aliphatic heterocycles. The van der Waals surface area contributed by atoms with Crippen molar-refractivity contribution in [3.8, 4) is 34.3 Å². The standard InChI is InChI=1S/C50H76N4O2/c1-37(2)19-13-21-39(5)23-15-25-41(7)27-17-33-55-47-35-45-46(54-50(44-30-10-12-32-52-44)49(53-45)43-29-9-11-31-51-43)36-48(47)56-34-18-28-42(8)26-16-24-40(6)22-14-20-38(3)4/h9-12,29-32,35-42H,13-28,33-34H2,1-8H3. The van der Waals surface area contributed by atoms with Crippen molar-refractivity contribution in [2.75, 3.05) is 13.2 Å². The monoisotopic (exact) mass is 765 g/mol. The molecule has 56 heavy (non-hydrogen) atoms. The molecule has 4 atom stereocenters. The molecule has 308 valence electrons. The van der Waals surface area contributed by atoms with Gasteiger partial charge < -0.3 is 9.47 Å². The van der Waals surface area contributed by atoms with Crippen LogP contribution in [0.2, 0.25) is 0 Å². The van der Waals surface area contributed by atoms with Gasteiger partial charge >= 0.3 is 0 Å². The predicted octanol–water partition coefficient (Wildman–Crippen LogP) is 14.6. The van der Waals surface area contributed by atoms with Gasteiger partial charge in [0.1, 0.15) is 11.4 Å². The van der Waals surface area contributed by atoms with E-state index in [0.717, 1.165) is 83.3 Å². The highest BCUT2D eigenvalue weighted by Gasteiger charge is 2.18. The van der Waals surface area contributed by atoms with Gasteiger partial charge in [-0.1, -0.05) is 145 Å².